The number of nitrogens with zero attached hydrogens (tertiary/aromatic N) is 12. The highest BCUT2D eigenvalue weighted by molar-refractivity contribution is 5.83. The number of hydrogen-bond donors (Lipinski definition) is 4. The van der Waals surface area contributed by atoms with E-state index in [4.69, 9.17) is 0 Å². The molecule has 0 fully saturated rings. The number of rotatable bonds is 16. The van der Waals surface area contributed by atoms with Gasteiger partial charge in [0.25, 0.3) is 22.2 Å². The van der Waals surface area contributed by atoms with Crippen LogP contribution in [0, 0.1) is 83.1 Å². The number of benzene rings is 8. The zero-order valence-corrected chi connectivity index (χ0v) is 65.3. The van der Waals surface area contributed by atoms with E-state index in [2.05, 4.69) is 234 Å². The molecule has 0 radical (unpaired) electrons. The summed E-state index contributed by atoms with van der Waals surface area (Å²) in [7, 11) is 0. The van der Waals surface area contributed by atoms with Crippen molar-refractivity contribution in [3.63, 3.8) is 0 Å². The summed E-state index contributed by atoms with van der Waals surface area (Å²) in [4.78, 5) is 131. The molecule has 23 nitrogen and oxygen atoms in total. The van der Waals surface area contributed by atoms with Crippen molar-refractivity contribution in [2.45, 2.75) is 154 Å². The van der Waals surface area contributed by atoms with Gasteiger partial charge in [0.15, 0.2) is 45.7 Å². The predicted molar refractivity (Wildman–Crippen MR) is 443 cm³/mol. The molecule has 568 valence electrons. The smallest absolute Gasteiger partial charge is 0.322 e. The van der Waals surface area contributed by atoms with Crippen LogP contribution in [-0.4, -0.2) is 75.1 Å². The van der Waals surface area contributed by atoms with Crippen LogP contribution in [0.15, 0.2) is 184 Å². The maximum absolute atomic E-state index is 12.5. The molecular formula is C89H90N16O7. The van der Waals surface area contributed by atoms with E-state index >= 15 is 0 Å². The Morgan fingerprint density at radius 3 is 1.18 bits per heavy atom. The van der Waals surface area contributed by atoms with E-state index < -0.39 is 33.7 Å². The van der Waals surface area contributed by atoms with Gasteiger partial charge in [-0.1, -0.05) is 120 Å². The first-order valence-electron chi connectivity index (χ1n) is 37.7. The monoisotopic (exact) mass is 1490 g/mol. The van der Waals surface area contributed by atoms with Gasteiger partial charge in [-0.15, -0.1) is 0 Å². The summed E-state index contributed by atoms with van der Waals surface area (Å²) in [5.41, 5.74) is 23.2. The van der Waals surface area contributed by atoms with E-state index in [0.29, 0.717) is 53.8 Å². The molecule has 112 heavy (non-hydrogen) atoms. The van der Waals surface area contributed by atoms with Crippen molar-refractivity contribution in [3.05, 3.63) is 318 Å². The van der Waals surface area contributed by atoms with E-state index in [-0.39, 0.29) is 22.6 Å². The molecule has 0 saturated carbocycles. The highest BCUT2D eigenvalue weighted by Crippen LogP contribution is 2.37. The van der Waals surface area contributed by atoms with Crippen LogP contribution in [0.4, 0.5) is 17.2 Å². The molecule has 8 heterocycles. The zero-order valence-electron chi connectivity index (χ0n) is 65.3. The second-order valence-corrected chi connectivity index (χ2v) is 29.4. The highest BCUT2D eigenvalue weighted by atomic mass is 16.2. The van der Waals surface area contributed by atoms with E-state index in [9.17, 15) is 33.6 Å². The number of aryl methyl sites for hydroxylation is 19. The molecule has 7 aliphatic heterocycles. The van der Waals surface area contributed by atoms with E-state index in [1.807, 2.05) is 79.5 Å². The van der Waals surface area contributed by atoms with Gasteiger partial charge in [-0.25, -0.2) is 39.3 Å². The maximum atomic E-state index is 12.5. The fraction of sp³-hybridized carbons (Fsp3) is 0.270. The molecule has 0 unspecified atom stereocenters. The van der Waals surface area contributed by atoms with Crippen LogP contribution in [0.1, 0.15) is 115 Å². The summed E-state index contributed by atoms with van der Waals surface area (Å²) in [5, 5.41) is 0.360. The second kappa shape index (κ2) is 33.0. The van der Waals surface area contributed by atoms with Crippen molar-refractivity contribution in [2.24, 2.45) is 4.99 Å². The zero-order chi connectivity index (χ0) is 79.3. The number of H-pyrrole nitrogens is 4. The van der Waals surface area contributed by atoms with Crippen molar-refractivity contribution < 1.29 is 0 Å². The highest BCUT2D eigenvalue weighted by Gasteiger charge is 2.26. The van der Waals surface area contributed by atoms with Crippen molar-refractivity contribution >= 4 is 56.9 Å². The van der Waals surface area contributed by atoms with Gasteiger partial charge in [0.05, 0.1) is 44.5 Å². The lowest BCUT2D eigenvalue weighted by atomic mass is 10.0. The largest absolute Gasteiger partial charge is 0.349 e. The minimum absolute atomic E-state index is 0.200. The van der Waals surface area contributed by atoms with Crippen molar-refractivity contribution in [1.82, 2.24) is 68.5 Å². The Morgan fingerprint density at radius 2 is 0.741 bits per heavy atom. The number of anilines is 2. The summed E-state index contributed by atoms with van der Waals surface area (Å²) in [6.45, 7) is 31.2. The Bertz CT molecular complexity index is 6410. The Hall–Kier alpha value is -13.1. The Labute approximate surface area is 645 Å². The van der Waals surface area contributed by atoms with E-state index in [1.165, 1.54) is 50.1 Å². The fourth-order valence-electron chi connectivity index (χ4n) is 14.3. The average Bonchev–Trinajstić information content (AvgIpc) is 0.774. The maximum Gasteiger partial charge on any atom is 0.349 e. The quantitative estimate of drug-likeness (QED) is 0.0654. The lowest BCUT2D eigenvalue weighted by Crippen LogP contribution is -2.42. The number of aromatic nitrogens is 14. The third-order valence-corrected chi connectivity index (χ3v) is 20.9. The van der Waals surface area contributed by atoms with Crippen LogP contribution in [0.5, 0.6) is 0 Å². The summed E-state index contributed by atoms with van der Waals surface area (Å²) in [6, 6.07) is 50.1. The molecule has 16 rings (SSSR count). The van der Waals surface area contributed by atoms with Crippen LogP contribution in [0.2, 0.25) is 0 Å². The SMILES string of the molecule is C=c1nc2c(c(=O)[nH]1)=Nc1cc(C)c(C)cc1N2CCCc1ccccc1C.Cc1ccc(CCCn2c3nc(=O)[nH]c(=O)c-3nc3cc(C)c(C)cc32)cc1.Cc1cccc(CCCn2c3nc(=O)[nH]c(=O)c-3nc3cc(C)c(C)cc32)c1.Cc1cccc(CCCn2c3nc(=O)[nH]c(=O)c-3nc3cc(C)c(C)cc32)c1. The molecule has 23 heteroatoms. The van der Waals surface area contributed by atoms with Crippen LogP contribution in [-0.2, 0) is 45.3 Å². The lowest BCUT2D eigenvalue weighted by molar-refractivity contribution is 0.648. The van der Waals surface area contributed by atoms with E-state index in [0.717, 1.165) is 141 Å². The number of fused-ring (bicyclic) bond motifs is 8. The van der Waals surface area contributed by atoms with Gasteiger partial charge in [0.1, 0.15) is 5.48 Å². The van der Waals surface area contributed by atoms with Crippen LogP contribution >= 0.6 is 0 Å². The first-order valence-corrected chi connectivity index (χ1v) is 37.7. The minimum atomic E-state index is -0.644. The second-order valence-electron chi connectivity index (χ2n) is 29.4. The lowest BCUT2D eigenvalue weighted by Gasteiger charge is -2.28. The summed E-state index contributed by atoms with van der Waals surface area (Å²) in [6.07, 6.45) is 7.19. The van der Waals surface area contributed by atoms with Gasteiger partial charge in [0, 0.05) is 26.2 Å². The molecule has 9 aromatic rings. The van der Waals surface area contributed by atoms with Gasteiger partial charge in [0.2, 0.25) is 0 Å². The molecule has 8 aromatic carbocycles. The Balaban J connectivity index is 0.000000131. The van der Waals surface area contributed by atoms with Gasteiger partial charge < -0.3 is 23.6 Å². The molecule has 4 N–H and O–H groups in total. The molecule has 0 atom stereocenters. The van der Waals surface area contributed by atoms with Crippen molar-refractivity contribution in [2.75, 3.05) is 11.4 Å². The molecule has 0 saturated heterocycles. The normalized spacial score (nSPS) is 11.6. The molecule has 0 amide bonds. The molecular weight excluding hydrogens is 1410 g/mol. The number of aromatic amines is 4. The standard InChI is InChI=1S/C23H24N4O.3C22H22N4O2/c1-14-8-5-6-9-18(14)10-7-11-27-20-13-16(3)15(2)12-19(20)26-21-22(27)24-17(4)25-23(21)28;2*1-13-6-4-7-16(10-13)8-5-9-26-18-12-15(3)14(2)11-17(18)23-19-20(26)24-22(28)25-21(19)27;1-13-6-8-16(9-7-13)5-4-10-26-18-12-15(3)14(2)11-17(18)23-19-20(26)24-22(28)25-21(19)27/h5-6,8-9,12-13H,4,7,10-11H2,1-3H3,(H,25,28);2*4,6-7,10-12H,5,8-9H2,1-3H3,(H,25,27,28);6-9,11-12H,4-5,10H2,1-3H3,(H,25,27,28). The van der Waals surface area contributed by atoms with Gasteiger partial charge in [-0.3, -0.25) is 34.1 Å². The van der Waals surface area contributed by atoms with Crippen molar-refractivity contribution in [3.8, 4) is 34.6 Å². The Kier molecular flexibility index (Phi) is 22.7. The molecule has 0 aliphatic carbocycles. The third kappa shape index (κ3) is 17.2. The molecule has 0 bridgehead atoms. The number of hydrogen-bond acceptors (Lipinski definition) is 16. The van der Waals surface area contributed by atoms with Crippen LogP contribution in [0.25, 0.3) is 74.2 Å². The summed E-state index contributed by atoms with van der Waals surface area (Å²) >= 11 is 0. The molecule has 0 spiro atoms. The molecule has 1 aromatic heterocycles. The van der Waals surface area contributed by atoms with Gasteiger partial charge in [-0.05, 0) is 255 Å². The predicted octanol–water partition coefficient (Wildman–Crippen LogP) is 12.6. The van der Waals surface area contributed by atoms with Crippen LogP contribution in [0.3, 0.4) is 0 Å². The van der Waals surface area contributed by atoms with Crippen LogP contribution < -0.4 is 55.0 Å². The Morgan fingerprint density at radius 1 is 0.339 bits per heavy atom. The first-order chi connectivity index (χ1) is 53.7. The molecule has 7 aliphatic rings. The fourth-order valence-corrected chi connectivity index (χ4v) is 14.3. The third-order valence-electron chi connectivity index (χ3n) is 20.9. The first kappa shape index (κ1) is 77.1. The summed E-state index contributed by atoms with van der Waals surface area (Å²) in [5.74, 6) is 1.62. The topological polar surface area (TPSA) is 303 Å². The minimum Gasteiger partial charge on any atom is -0.322 e. The number of nitrogens with one attached hydrogen (secondary N) is 4. The van der Waals surface area contributed by atoms with E-state index in [1.54, 1.807) is 0 Å². The average molecular weight is 1500 g/mol. The van der Waals surface area contributed by atoms with Crippen molar-refractivity contribution in [1.29, 1.82) is 0 Å². The summed E-state index contributed by atoms with van der Waals surface area (Å²) < 4.78 is 5.86. The van der Waals surface area contributed by atoms with Gasteiger partial charge >= 0.3 is 17.1 Å². The van der Waals surface area contributed by atoms with Gasteiger partial charge in [-0.2, -0.15) is 15.0 Å².